The lowest BCUT2D eigenvalue weighted by molar-refractivity contribution is 0.547. The zero-order valence-electron chi connectivity index (χ0n) is 10.4. The second-order valence-electron chi connectivity index (χ2n) is 4.45. The summed E-state index contributed by atoms with van der Waals surface area (Å²) >= 11 is 0. The first kappa shape index (κ1) is 12.6. The van der Waals surface area contributed by atoms with E-state index in [4.69, 9.17) is 0 Å². The number of anilines is 1. The Labute approximate surface area is 113 Å². The van der Waals surface area contributed by atoms with Gasteiger partial charge in [0.2, 0.25) is 0 Å². The third-order valence-electron chi connectivity index (χ3n) is 3.15. The normalized spacial score (nSPS) is 10.9. The largest absolute Gasteiger partial charge is 0.376 e. The third-order valence-corrected chi connectivity index (χ3v) is 3.15. The maximum absolute atomic E-state index is 13.5. The lowest BCUT2D eigenvalue weighted by Crippen LogP contribution is -2.04. The highest BCUT2D eigenvalue weighted by molar-refractivity contribution is 5.83. The van der Waals surface area contributed by atoms with E-state index in [9.17, 15) is 13.2 Å². The molecule has 0 atom stereocenters. The van der Waals surface area contributed by atoms with Crippen molar-refractivity contribution in [3.8, 4) is 0 Å². The summed E-state index contributed by atoms with van der Waals surface area (Å²) in [5.74, 6) is -2.81. The van der Waals surface area contributed by atoms with Crippen molar-refractivity contribution in [2.45, 2.75) is 6.54 Å². The Balaban J connectivity index is 1.89. The van der Waals surface area contributed by atoms with Gasteiger partial charge in [0.15, 0.2) is 11.6 Å². The van der Waals surface area contributed by atoms with Crippen molar-refractivity contribution < 1.29 is 13.2 Å². The maximum Gasteiger partial charge on any atom is 0.152 e. The van der Waals surface area contributed by atoms with Gasteiger partial charge in [-0.25, -0.2) is 13.2 Å². The van der Waals surface area contributed by atoms with Gasteiger partial charge < -0.3 is 10.3 Å². The Morgan fingerprint density at radius 3 is 2.50 bits per heavy atom. The first-order chi connectivity index (χ1) is 9.65. The molecular formula is C15H11F3N2. The van der Waals surface area contributed by atoms with Crippen LogP contribution in [-0.2, 0) is 6.54 Å². The van der Waals surface area contributed by atoms with E-state index in [0.717, 1.165) is 16.5 Å². The van der Waals surface area contributed by atoms with E-state index in [-0.39, 0.29) is 12.2 Å². The quantitative estimate of drug-likeness (QED) is 0.737. The van der Waals surface area contributed by atoms with Crippen LogP contribution in [0, 0.1) is 17.5 Å². The highest BCUT2D eigenvalue weighted by Crippen LogP contribution is 2.23. The first-order valence-electron chi connectivity index (χ1n) is 6.08. The van der Waals surface area contributed by atoms with Crippen LogP contribution in [0.5, 0.6) is 0 Å². The molecule has 0 unspecified atom stereocenters. The Bertz CT molecular complexity index is 742. The van der Waals surface area contributed by atoms with Crippen molar-refractivity contribution in [1.29, 1.82) is 0 Å². The number of hydrogen-bond acceptors (Lipinski definition) is 1. The van der Waals surface area contributed by atoms with E-state index in [1.165, 1.54) is 0 Å². The third kappa shape index (κ3) is 2.22. The van der Waals surface area contributed by atoms with Crippen molar-refractivity contribution in [1.82, 2.24) is 4.98 Å². The van der Waals surface area contributed by atoms with Crippen LogP contribution in [0.3, 0.4) is 0 Å². The molecule has 0 amide bonds. The molecule has 0 saturated carbocycles. The predicted octanol–water partition coefficient (Wildman–Crippen LogP) is 4.20. The summed E-state index contributed by atoms with van der Waals surface area (Å²) in [6.07, 6.45) is 1.80. The number of H-pyrrole nitrogens is 1. The molecule has 20 heavy (non-hydrogen) atoms. The molecule has 102 valence electrons. The van der Waals surface area contributed by atoms with Crippen LogP contribution >= 0.6 is 0 Å². The average Bonchev–Trinajstić information content (AvgIpc) is 2.86. The number of rotatable bonds is 3. The van der Waals surface area contributed by atoms with Crippen LogP contribution in [-0.4, -0.2) is 4.98 Å². The van der Waals surface area contributed by atoms with Gasteiger partial charge in [0, 0.05) is 35.8 Å². The van der Waals surface area contributed by atoms with Crippen molar-refractivity contribution in [2.24, 2.45) is 0 Å². The SMILES string of the molecule is Fc1cc(F)c(NCc2cccc3[nH]ccc23)c(F)c1. The molecule has 0 fully saturated rings. The Morgan fingerprint density at radius 2 is 1.75 bits per heavy atom. The van der Waals surface area contributed by atoms with E-state index in [2.05, 4.69) is 10.3 Å². The van der Waals surface area contributed by atoms with Gasteiger partial charge in [-0.15, -0.1) is 0 Å². The molecule has 0 bridgehead atoms. The number of nitrogens with one attached hydrogen (secondary N) is 2. The van der Waals surface area contributed by atoms with Crippen LogP contribution in [0.4, 0.5) is 18.9 Å². The van der Waals surface area contributed by atoms with Gasteiger partial charge in [-0.05, 0) is 17.7 Å². The zero-order chi connectivity index (χ0) is 14.1. The van der Waals surface area contributed by atoms with Crippen molar-refractivity contribution in [3.05, 3.63) is 65.6 Å². The zero-order valence-corrected chi connectivity index (χ0v) is 10.4. The van der Waals surface area contributed by atoms with Gasteiger partial charge in [0.25, 0.3) is 0 Å². The van der Waals surface area contributed by atoms with E-state index >= 15 is 0 Å². The lowest BCUT2D eigenvalue weighted by Gasteiger charge is -2.10. The van der Waals surface area contributed by atoms with Crippen LogP contribution in [0.25, 0.3) is 10.9 Å². The Morgan fingerprint density at radius 1 is 1.00 bits per heavy atom. The summed E-state index contributed by atoms with van der Waals surface area (Å²) in [5.41, 5.74) is 1.52. The lowest BCUT2D eigenvalue weighted by atomic mass is 10.1. The molecular weight excluding hydrogens is 265 g/mol. The monoisotopic (exact) mass is 276 g/mol. The van der Waals surface area contributed by atoms with Crippen LogP contribution in [0.15, 0.2) is 42.6 Å². The van der Waals surface area contributed by atoms with E-state index in [1.54, 1.807) is 6.20 Å². The predicted molar refractivity (Wildman–Crippen MR) is 71.9 cm³/mol. The molecule has 1 heterocycles. The molecule has 5 heteroatoms. The molecule has 3 rings (SSSR count). The van der Waals surface area contributed by atoms with E-state index in [1.807, 2.05) is 24.3 Å². The van der Waals surface area contributed by atoms with Gasteiger partial charge >= 0.3 is 0 Å². The average molecular weight is 276 g/mol. The highest BCUT2D eigenvalue weighted by Gasteiger charge is 2.11. The number of aromatic nitrogens is 1. The topological polar surface area (TPSA) is 27.8 Å². The number of halogens is 3. The van der Waals surface area contributed by atoms with Crippen LogP contribution in [0.1, 0.15) is 5.56 Å². The van der Waals surface area contributed by atoms with Gasteiger partial charge in [0.05, 0.1) is 0 Å². The summed E-state index contributed by atoms with van der Waals surface area (Å²) in [5, 5.41) is 3.65. The molecule has 3 aromatic rings. The first-order valence-corrected chi connectivity index (χ1v) is 6.08. The molecule has 0 spiro atoms. The van der Waals surface area contributed by atoms with Crippen LogP contribution in [0.2, 0.25) is 0 Å². The van der Waals surface area contributed by atoms with E-state index < -0.39 is 17.5 Å². The molecule has 2 aromatic carbocycles. The smallest absolute Gasteiger partial charge is 0.152 e. The van der Waals surface area contributed by atoms with Crippen molar-refractivity contribution >= 4 is 16.6 Å². The highest BCUT2D eigenvalue weighted by atomic mass is 19.1. The number of hydrogen-bond donors (Lipinski definition) is 2. The fourth-order valence-corrected chi connectivity index (χ4v) is 2.20. The molecule has 0 aliphatic heterocycles. The fourth-order valence-electron chi connectivity index (χ4n) is 2.20. The Kier molecular flexibility index (Phi) is 3.10. The van der Waals surface area contributed by atoms with Crippen molar-refractivity contribution in [3.63, 3.8) is 0 Å². The number of fused-ring (bicyclic) bond motifs is 1. The minimum absolute atomic E-state index is 0.245. The van der Waals surface area contributed by atoms with E-state index in [0.29, 0.717) is 12.1 Å². The maximum atomic E-state index is 13.5. The van der Waals surface area contributed by atoms with Gasteiger partial charge in [0.1, 0.15) is 11.5 Å². The van der Waals surface area contributed by atoms with Gasteiger partial charge in [-0.3, -0.25) is 0 Å². The standard InChI is InChI=1S/C15H11F3N2/c16-10-6-12(17)15(13(18)7-10)20-8-9-2-1-3-14-11(9)4-5-19-14/h1-7,19-20H,8H2. The minimum Gasteiger partial charge on any atom is -0.376 e. The van der Waals surface area contributed by atoms with Crippen LogP contribution < -0.4 is 5.32 Å². The summed E-state index contributed by atoms with van der Waals surface area (Å²) in [4.78, 5) is 3.06. The molecule has 0 radical (unpaired) electrons. The minimum atomic E-state index is -0.941. The fraction of sp³-hybridized carbons (Fsp3) is 0.0667. The molecule has 0 aliphatic rings. The molecule has 0 aliphatic carbocycles. The summed E-state index contributed by atoms with van der Waals surface area (Å²) in [6, 6.07) is 8.84. The molecule has 0 saturated heterocycles. The second-order valence-corrected chi connectivity index (χ2v) is 4.45. The molecule has 2 N–H and O–H groups in total. The Hall–Kier alpha value is -2.43. The van der Waals surface area contributed by atoms with Gasteiger partial charge in [-0.1, -0.05) is 12.1 Å². The summed E-state index contributed by atoms with van der Waals surface area (Å²) < 4.78 is 39.9. The molecule has 1 aromatic heterocycles. The second kappa shape index (κ2) is 4.92. The number of benzene rings is 2. The summed E-state index contributed by atoms with van der Waals surface area (Å²) in [7, 11) is 0. The van der Waals surface area contributed by atoms with Gasteiger partial charge in [-0.2, -0.15) is 0 Å². The number of aromatic amines is 1. The summed E-state index contributed by atoms with van der Waals surface area (Å²) in [6.45, 7) is 0.245. The van der Waals surface area contributed by atoms with Crippen molar-refractivity contribution in [2.75, 3.05) is 5.32 Å². The molecule has 2 nitrogen and oxygen atoms in total.